The average Bonchev–Trinajstić information content (AvgIpc) is 1.52. The molecule has 3 amide bonds. The molecule has 2 aromatic heterocycles. The van der Waals surface area contributed by atoms with Gasteiger partial charge in [-0.25, -0.2) is 14.6 Å². The van der Waals surface area contributed by atoms with Crippen LogP contribution in [0.1, 0.15) is 84.2 Å². The quantitative estimate of drug-likeness (QED) is 0.00987. The van der Waals surface area contributed by atoms with Crippen molar-refractivity contribution < 1.29 is 122 Å². The molecule has 6 aromatic rings. The number of alkyl halides is 1. The lowest BCUT2D eigenvalue weighted by atomic mass is 9.90. The van der Waals surface area contributed by atoms with Crippen molar-refractivity contribution in [1.29, 1.82) is 0 Å². The maximum absolute atomic E-state index is 15.4. The van der Waals surface area contributed by atoms with Gasteiger partial charge in [0.05, 0.1) is 40.2 Å². The second kappa shape index (κ2) is 32.7. The summed E-state index contributed by atoms with van der Waals surface area (Å²) >= 11 is 6.69. The zero-order valence-corrected chi connectivity index (χ0v) is 57.9. The Bertz CT molecular complexity index is 4420. The summed E-state index contributed by atoms with van der Waals surface area (Å²) < 4.78 is 111. The lowest BCUT2D eigenvalue weighted by molar-refractivity contribution is -0.282. The summed E-state index contributed by atoms with van der Waals surface area (Å²) in [6, 6.07) is 17.7. The minimum Gasteiger partial charge on any atom is -0.497 e. The van der Waals surface area contributed by atoms with Crippen LogP contribution in [-0.2, 0) is 91.0 Å². The fraction of sp³-hybridized carbons (Fsp3) is 0.409. The van der Waals surface area contributed by atoms with E-state index in [0.717, 1.165) is 61.0 Å². The number of carbonyl (C=O) groups excluding carboxylic acids is 10. The predicted octanol–water partition coefficient (Wildman–Crippen LogP) is 5.75. The molecule has 542 valence electrons. The second-order valence-corrected chi connectivity index (χ2v) is 25.0. The second-order valence-electron chi connectivity index (χ2n) is 23.1. The number of halogens is 1. The number of benzene rings is 4. The molecule has 1 N–H and O–H groups in total. The number of ether oxygens (including phenoxy) is 13. The van der Waals surface area contributed by atoms with E-state index in [9.17, 15) is 43.2 Å². The molecule has 0 spiro atoms. The number of carbonyl (C=O) groups is 10. The zero-order valence-electron chi connectivity index (χ0n) is 56.3. The van der Waals surface area contributed by atoms with E-state index in [4.69, 9.17) is 82.9 Å². The topological polar surface area (TPSA) is 419 Å². The first kappa shape index (κ1) is 75.4. The van der Waals surface area contributed by atoms with Crippen molar-refractivity contribution >= 4 is 109 Å². The summed E-state index contributed by atoms with van der Waals surface area (Å²) in [5.74, 6) is -11.0. The molecule has 0 radical (unpaired) electrons. The van der Waals surface area contributed by atoms with Crippen molar-refractivity contribution in [2.75, 3.05) is 77.3 Å². The van der Waals surface area contributed by atoms with Gasteiger partial charge in [-0.1, -0.05) is 12.0 Å². The highest BCUT2D eigenvalue weighted by atomic mass is 35.5. The van der Waals surface area contributed by atoms with Crippen LogP contribution in [0, 0.1) is 5.92 Å². The lowest BCUT2D eigenvalue weighted by Gasteiger charge is -2.43. The average molecular weight is 1460 g/mol. The standard InChI is InChI=1S/C66H69ClN8O26S/c1-32-53(92-33(2)76)58(95-36(5)79)66(99-54(32)63(84)89-9)98-48-19-13-39(61(82)73(7)22-24-91-23-21-69-72-68)25-49(48)101-102(86,87)50-27-47-52(45-26-43(88-8)17-18-44(45)50)40(28-67)29-75(47)62(83)46-31-74-30-41(14-20-51(74)71-46)70-60(81)38-11-15-42(16-12-38)97-65-59(96-37(6)80)56(94-35(4)78)55(93-34(3)77)57(100-65)64(85)90-10/h11-20,25-27,30-32,40,53-59,65-66H,21-24,28-29H2,1-10H3,(H,70,81)/t32-,40+,53-,54-,55-,56-,57-,58+,59+,65+,66?/m0/s1. The van der Waals surface area contributed by atoms with E-state index in [-0.39, 0.29) is 94.8 Å². The number of amides is 3. The Labute approximate surface area is 586 Å². The number of likely N-dealkylation sites (N-methyl/N-ethyl adjacent to an activating group) is 1. The van der Waals surface area contributed by atoms with Gasteiger partial charge in [0, 0.05) is 119 Å². The van der Waals surface area contributed by atoms with Crippen LogP contribution < -0.4 is 28.6 Å². The number of methoxy groups -OCH3 is 3. The Morgan fingerprint density at radius 3 is 1.92 bits per heavy atom. The van der Waals surface area contributed by atoms with Gasteiger partial charge in [-0.15, -0.1) is 11.6 Å². The first-order valence-electron chi connectivity index (χ1n) is 31.1. The van der Waals surface area contributed by atoms with Crippen LogP contribution in [0.4, 0.5) is 11.4 Å². The Hall–Kier alpha value is -10.8. The molecule has 4 aromatic carbocycles. The molecule has 11 atom stereocenters. The Balaban J connectivity index is 1.02. The van der Waals surface area contributed by atoms with Gasteiger partial charge in [0.1, 0.15) is 27.7 Å². The fourth-order valence-corrected chi connectivity index (χ4v) is 13.0. The SMILES string of the molecule is COC(=O)[C@H]1OC(Oc2ccc(C(=O)N(C)CCOCCN=[N+]=[N-])cc2OS(=O)(=O)c2cc3c(c4cc(OC)ccc24)[C@H](CCl)CN3C(=O)c2cn3cc(NC(=O)c4ccc(O[C@@H]5O[C@H](C(=O)OC)[C@@H](OC(C)=O)[C@H](OC(C)=O)[C@H]5OC(C)=O)cc4)ccc3n2)[C@H](OC(C)=O)[C@@H](OC(C)=O)[C@@H]1C. The number of nitrogens with one attached hydrogen (secondary N) is 1. The molecule has 3 aliphatic rings. The molecule has 3 aliphatic heterocycles. The van der Waals surface area contributed by atoms with Crippen molar-refractivity contribution in [3.05, 3.63) is 124 Å². The number of nitrogens with zero attached hydrogens (tertiary/aromatic N) is 7. The Morgan fingerprint density at radius 1 is 0.686 bits per heavy atom. The highest BCUT2D eigenvalue weighted by Crippen LogP contribution is 2.47. The normalized spacial score (nSPS) is 21.4. The van der Waals surface area contributed by atoms with Gasteiger partial charge in [-0.3, -0.25) is 38.4 Å². The number of rotatable bonds is 26. The van der Waals surface area contributed by atoms with Crippen LogP contribution in [0.5, 0.6) is 23.0 Å². The molecule has 0 saturated carbocycles. The molecular weight excluding hydrogens is 1390 g/mol. The van der Waals surface area contributed by atoms with E-state index in [0.29, 0.717) is 5.56 Å². The largest absolute Gasteiger partial charge is 0.497 e. The molecule has 102 heavy (non-hydrogen) atoms. The van der Waals surface area contributed by atoms with Crippen LogP contribution in [-0.4, -0.2) is 205 Å². The van der Waals surface area contributed by atoms with E-state index < -0.39 is 153 Å². The summed E-state index contributed by atoms with van der Waals surface area (Å²) in [4.78, 5) is 140. The Kier molecular flexibility index (Phi) is 24.1. The van der Waals surface area contributed by atoms with Crippen LogP contribution >= 0.6 is 11.6 Å². The predicted molar refractivity (Wildman–Crippen MR) is 351 cm³/mol. The third kappa shape index (κ3) is 17.1. The number of azide groups is 1. The van der Waals surface area contributed by atoms with E-state index >= 15 is 13.2 Å². The summed E-state index contributed by atoms with van der Waals surface area (Å²) in [6.45, 7) is 6.72. The van der Waals surface area contributed by atoms with Crippen molar-refractivity contribution in [1.82, 2.24) is 14.3 Å². The summed E-state index contributed by atoms with van der Waals surface area (Å²) in [7, 11) is -0.267. The van der Waals surface area contributed by atoms with Crippen LogP contribution in [0.3, 0.4) is 0 Å². The molecule has 0 bridgehead atoms. The molecule has 2 fully saturated rings. The number of hydrogen-bond donors (Lipinski definition) is 1. The first-order valence-corrected chi connectivity index (χ1v) is 33.0. The van der Waals surface area contributed by atoms with Gasteiger partial charge < -0.3 is 85.3 Å². The molecule has 2 saturated heterocycles. The highest BCUT2D eigenvalue weighted by molar-refractivity contribution is 7.87. The van der Waals surface area contributed by atoms with Crippen molar-refractivity contribution in [2.45, 2.75) is 108 Å². The minimum absolute atomic E-state index is 0.000381. The first-order chi connectivity index (χ1) is 48.6. The van der Waals surface area contributed by atoms with E-state index in [1.54, 1.807) is 6.07 Å². The molecule has 1 unspecified atom stereocenters. The van der Waals surface area contributed by atoms with E-state index in [1.165, 1.54) is 108 Å². The third-order valence-electron chi connectivity index (χ3n) is 16.1. The number of esters is 7. The molecule has 5 heterocycles. The van der Waals surface area contributed by atoms with Crippen LogP contribution in [0.15, 0.2) is 101 Å². The number of hydrogen-bond acceptors (Lipinski definition) is 28. The maximum Gasteiger partial charge on any atom is 0.340 e. The van der Waals surface area contributed by atoms with Gasteiger partial charge in [0.15, 0.2) is 42.0 Å². The highest BCUT2D eigenvalue weighted by Gasteiger charge is 2.56. The van der Waals surface area contributed by atoms with Crippen LogP contribution in [0.25, 0.3) is 26.9 Å². The van der Waals surface area contributed by atoms with Gasteiger partial charge in [-0.05, 0) is 95.3 Å². The molecule has 36 heteroatoms. The number of fused-ring (bicyclic) bond motifs is 4. The summed E-state index contributed by atoms with van der Waals surface area (Å²) in [5.41, 5.74) is 9.41. The zero-order chi connectivity index (χ0) is 74.0. The Morgan fingerprint density at radius 2 is 1.28 bits per heavy atom. The van der Waals surface area contributed by atoms with Gasteiger partial charge in [0.2, 0.25) is 24.8 Å². The molecule has 9 rings (SSSR count). The van der Waals surface area contributed by atoms with Crippen molar-refractivity contribution in [2.24, 2.45) is 11.0 Å². The maximum atomic E-state index is 15.4. The lowest BCUT2D eigenvalue weighted by Crippen LogP contribution is -2.64. The molecule has 34 nitrogen and oxygen atoms in total. The smallest absolute Gasteiger partial charge is 0.340 e. The van der Waals surface area contributed by atoms with Crippen molar-refractivity contribution in [3.63, 3.8) is 0 Å². The molecular formula is C66H69ClN8O26S. The summed E-state index contributed by atoms with van der Waals surface area (Å²) in [5, 5.41) is 6.53. The number of pyridine rings is 1. The van der Waals surface area contributed by atoms with Crippen LogP contribution in [0.2, 0.25) is 0 Å². The summed E-state index contributed by atoms with van der Waals surface area (Å²) in [6.07, 6.45) is -11.8. The fourth-order valence-electron chi connectivity index (χ4n) is 11.6. The third-order valence-corrected chi connectivity index (χ3v) is 17.8. The minimum atomic E-state index is -5.21. The number of aromatic nitrogens is 2. The number of imidazole rings is 1. The van der Waals surface area contributed by atoms with Gasteiger partial charge >= 0.3 is 51.9 Å². The molecule has 0 aliphatic carbocycles. The van der Waals surface area contributed by atoms with Crippen molar-refractivity contribution in [3.8, 4) is 23.0 Å². The van der Waals surface area contributed by atoms with E-state index in [1.807, 2.05) is 0 Å². The monoisotopic (exact) mass is 1460 g/mol. The van der Waals surface area contributed by atoms with E-state index in [2.05, 4.69) is 20.3 Å². The number of anilines is 2. The van der Waals surface area contributed by atoms with Gasteiger partial charge in [0.25, 0.3) is 17.7 Å². The van der Waals surface area contributed by atoms with Gasteiger partial charge in [-0.2, -0.15) is 8.42 Å².